The maximum absolute atomic E-state index is 12.9. The monoisotopic (exact) mass is 567 g/mol. The van der Waals surface area contributed by atoms with Crippen LogP contribution in [0.2, 0.25) is 0 Å². The first kappa shape index (κ1) is 26.3. The number of methoxy groups -OCH3 is 1. The number of allylic oxidation sites excluding steroid dienone is 1. The fraction of sp³-hybridized carbons (Fsp3) is 0.217. The molecule has 35 heavy (non-hydrogen) atoms. The van der Waals surface area contributed by atoms with Gasteiger partial charge in [-0.25, -0.2) is 0 Å². The molecule has 0 aliphatic carbocycles. The summed E-state index contributed by atoms with van der Waals surface area (Å²) in [4.78, 5) is 37.6. The first-order valence-corrected chi connectivity index (χ1v) is 11.7. The number of esters is 1. The Balaban J connectivity index is 1.86. The van der Waals surface area contributed by atoms with Crippen LogP contribution in [0.15, 0.2) is 63.6 Å². The van der Waals surface area contributed by atoms with Crippen molar-refractivity contribution in [3.63, 3.8) is 0 Å². The minimum absolute atomic E-state index is 0.0506. The number of amides is 2. The Labute approximate surface area is 210 Å². The number of carbonyl (C=O) groups excluding carboxylic acids is 3. The second kappa shape index (κ2) is 11.0. The lowest BCUT2D eigenvalue weighted by atomic mass is 9.78. The Morgan fingerprint density at radius 2 is 1.94 bits per heavy atom. The van der Waals surface area contributed by atoms with Crippen LogP contribution in [0.4, 0.5) is 18.9 Å². The molecule has 2 atom stereocenters. The molecule has 7 nitrogen and oxygen atoms in total. The van der Waals surface area contributed by atoms with E-state index in [0.29, 0.717) is 10.0 Å². The van der Waals surface area contributed by atoms with E-state index >= 15 is 0 Å². The number of alkyl halides is 3. The van der Waals surface area contributed by atoms with Crippen molar-refractivity contribution in [1.82, 2.24) is 5.32 Å². The van der Waals surface area contributed by atoms with Crippen molar-refractivity contribution >= 4 is 51.2 Å². The van der Waals surface area contributed by atoms with Gasteiger partial charge < -0.3 is 15.4 Å². The summed E-state index contributed by atoms with van der Waals surface area (Å²) < 4.78 is 44.1. The summed E-state index contributed by atoms with van der Waals surface area (Å²) in [7, 11) is 1.13. The molecule has 2 aromatic rings. The largest absolute Gasteiger partial charge is 0.468 e. The molecule has 1 aliphatic heterocycles. The smallest absolute Gasteiger partial charge is 0.416 e. The van der Waals surface area contributed by atoms with Gasteiger partial charge in [-0.3, -0.25) is 14.4 Å². The number of benzene rings is 2. The number of hydrogen-bond donors (Lipinski definition) is 2. The lowest BCUT2D eigenvalue weighted by Crippen LogP contribution is -2.44. The summed E-state index contributed by atoms with van der Waals surface area (Å²) in [5.41, 5.74) is -0.407. The summed E-state index contributed by atoms with van der Waals surface area (Å²) in [5.74, 6) is -4.79. The summed E-state index contributed by atoms with van der Waals surface area (Å²) >= 11 is 4.15. The van der Waals surface area contributed by atoms with Gasteiger partial charge in [-0.2, -0.15) is 18.4 Å². The molecule has 182 valence electrons. The van der Waals surface area contributed by atoms with E-state index in [9.17, 15) is 32.8 Å². The average Bonchev–Trinajstić information content (AvgIpc) is 2.81. The van der Waals surface area contributed by atoms with Crippen LogP contribution in [0.25, 0.3) is 0 Å². The SMILES string of the molecule is COC(=O)[C@H]1C(=O)NC(SCC(=O)Nc2cccc(C(F)(F)F)c2)=C(C#N)[C@H]1c1cccc(Br)c1. The Morgan fingerprint density at radius 1 is 1.23 bits per heavy atom. The number of carbonyl (C=O) groups is 3. The Hall–Kier alpha value is -3.30. The Kier molecular flexibility index (Phi) is 8.24. The second-order valence-corrected chi connectivity index (χ2v) is 9.19. The number of ether oxygens (including phenoxy) is 1. The van der Waals surface area contributed by atoms with Gasteiger partial charge >= 0.3 is 12.1 Å². The van der Waals surface area contributed by atoms with Crippen LogP contribution in [0.3, 0.4) is 0 Å². The number of hydrogen-bond acceptors (Lipinski definition) is 6. The third-order valence-corrected chi connectivity index (χ3v) is 6.52. The number of nitriles is 1. The van der Waals surface area contributed by atoms with Crippen molar-refractivity contribution in [3.05, 3.63) is 74.7 Å². The maximum Gasteiger partial charge on any atom is 0.416 e. The first-order valence-electron chi connectivity index (χ1n) is 9.93. The Bertz CT molecular complexity index is 1240. The topological polar surface area (TPSA) is 108 Å². The van der Waals surface area contributed by atoms with Gasteiger partial charge in [0.1, 0.15) is 5.92 Å². The minimum Gasteiger partial charge on any atom is -0.468 e. The number of nitrogens with zero attached hydrogens (tertiary/aromatic N) is 1. The van der Waals surface area contributed by atoms with E-state index in [1.165, 1.54) is 12.1 Å². The maximum atomic E-state index is 12.9. The average molecular weight is 568 g/mol. The van der Waals surface area contributed by atoms with Crippen molar-refractivity contribution in [2.24, 2.45) is 5.92 Å². The van der Waals surface area contributed by atoms with Gasteiger partial charge in [0, 0.05) is 16.1 Å². The summed E-state index contributed by atoms with van der Waals surface area (Å²) in [5, 5.41) is 14.8. The summed E-state index contributed by atoms with van der Waals surface area (Å²) in [6, 6.07) is 12.9. The fourth-order valence-corrected chi connectivity index (χ4v) is 4.75. The van der Waals surface area contributed by atoms with E-state index in [4.69, 9.17) is 4.74 Å². The van der Waals surface area contributed by atoms with Crippen LogP contribution < -0.4 is 10.6 Å². The lowest BCUT2D eigenvalue weighted by Gasteiger charge is -2.31. The summed E-state index contributed by atoms with van der Waals surface area (Å²) in [6.07, 6.45) is -4.56. The molecule has 2 aromatic carbocycles. The van der Waals surface area contributed by atoms with Gasteiger partial charge in [0.25, 0.3) is 0 Å². The highest BCUT2D eigenvalue weighted by Crippen LogP contribution is 2.40. The molecular formula is C23H17BrF3N3O4S. The van der Waals surface area contributed by atoms with Crippen molar-refractivity contribution in [2.75, 3.05) is 18.2 Å². The predicted octanol–water partition coefficient (Wildman–Crippen LogP) is 4.58. The molecule has 3 rings (SSSR count). The highest BCUT2D eigenvalue weighted by molar-refractivity contribution is 9.10. The molecule has 0 bridgehead atoms. The summed E-state index contributed by atoms with van der Waals surface area (Å²) in [6.45, 7) is 0. The van der Waals surface area contributed by atoms with E-state index < -0.39 is 41.4 Å². The number of thioether (sulfide) groups is 1. The molecule has 2 amide bonds. The molecule has 0 radical (unpaired) electrons. The number of nitrogens with one attached hydrogen (secondary N) is 2. The van der Waals surface area contributed by atoms with Gasteiger partial charge in [-0.15, -0.1) is 0 Å². The molecule has 0 spiro atoms. The van der Waals surface area contributed by atoms with Crippen molar-refractivity contribution < 1.29 is 32.3 Å². The lowest BCUT2D eigenvalue weighted by molar-refractivity contribution is -0.150. The highest BCUT2D eigenvalue weighted by Gasteiger charge is 2.44. The zero-order valence-corrected chi connectivity index (χ0v) is 20.4. The number of rotatable bonds is 6. The highest BCUT2D eigenvalue weighted by atomic mass is 79.9. The van der Waals surface area contributed by atoms with Crippen molar-refractivity contribution in [3.8, 4) is 6.07 Å². The van der Waals surface area contributed by atoms with Crippen LogP contribution in [0.5, 0.6) is 0 Å². The molecule has 0 saturated heterocycles. The van der Waals surface area contributed by atoms with Crippen molar-refractivity contribution in [1.29, 1.82) is 5.26 Å². The van der Waals surface area contributed by atoms with E-state index in [2.05, 4.69) is 26.6 Å². The fourth-order valence-electron chi connectivity index (χ4n) is 3.49. The van der Waals surface area contributed by atoms with Crippen LogP contribution in [-0.2, 0) is 25.3 Å². The van der Waals surface area contributed by atoms with E-state index in [0.717, 1.165) is 31.0 Å². The van der Waals surface area contributed by atoms with E-state index in [1.807, 2.05) is 6.07 Å². The van der Waals surface area contributed by atoms with Crippen LogP contribution in [-0.4, -0.2) is 30.6 Å². The molecule has 2 N–H and O–H groups in total. The van der Waals surface area contributed by atoms with E-state index in [-0.39, 0.29) is 22.0 Å². The second-order valence-electron chi connectivity index (χ2n) is 7.29. The molecule has 1 heterocycles. The third kappa shape index (κ3) is 6.23. The van der Waals surface area contributed by atoms with Gasteiger partial charge in [-0.1, -0.05) is 45.9 Å². The van der Waals surface area contributed by atoms with Crippen LogP contribution >= 0.6 is 27.7 Å². The third-order valence-electron chi connectivity index (χ3n) is 5.01. The van der Waals surface area contributed by atoms with Gasteiger partial charge in [0.15, 0.2) is 0 Å². The van der Waals surface area contributed by atoms with Crippen LogP contribution in [0, 0.1) is 17.2 Å². The molecule has 0 aromatic heterocycles. The number of anilines is 1. The van der Waals surface area contributed by atoms with Gasteiger partial charge in [0.05, 0.1) is 35.1 Å². The molecule has 0 unspecified atom stereocenters. The predicted molar refractivity (Wildman–Crippen MR) is 126 cm³/mol. The van der Waals surface area contributed by atoms with Crippen LogP contribution in [0.1, 0.15) is 17.0 Å². The zero-order valence-electron chi connectivity index (χ0n) is 18.0. The Morgan fingerprint density at radius 3 is 2.57 bits per heavy atom. The minimum atomic E-state index is -4.56. The molecule has 0 fully saturated rings. The molecule has 12 heteroatoms. The molecule has 0 saturated carbocycles. The number of halogens is 4. The van der Waals surface area contributed by atoms with Gasteiger partial charge in [0.2, 0.25) is 11.8 Å². The standard InChI is InChI=1S/C23H17BrF3N3O4S/c1-34-22(33)19-18(12-4-2-6-14(24)8-12)16(10-28)21(30-20(19)32)35-11-17(31)29-15-7-3-5-13(9-15)23(25,26)27/h2-9,18-19H,11H2,1H3,(H,29,31)(H,30,32)/t18-,19-/m1/s1. The first-order chi connectivity index (χ1) is 16.5. The molecule has 1 aliphatic rings. The normalized spacial score (nSPS) is 17.9. The zero-order chi connectivity index (χ0) is 25.8. The van der Waals surface area contributed by atoms with E-state index in [1.54, 1.807) is 24.3 Å². The quantitative estimate of drug-likeness (QED) is 0.391. The van der Waals surface area contributed by atoms with Crippen molar-refractivity contribution in [2.45, 2.75) is 12.1 Å². The van der Waals surface area contributed by atoms with Gasteiger partial charge in [-0.05, 0) is 35.9 Å². The molecular weight excluding hydrogens is 551 g/mol.